The second-order valence-electron chi connectivity index (χ2n) is 0. The number of hydrogen-bond acceptors (Lipinski definition) is 0. The molecule has 0 aromatic heterocycles. The Labute approximate surface area is 81.2 Å². The van der Waals surface area contributed by atoms with Crippen LogP contribution in [0.2, 0.25) is 0 Å². The Morgan fingerprint density at radius 1 is 0.500 bits per heavy atom. The van der Waals surface area contributed by atoms with Gasteiger partial charge in [0.1, 0.15) is 0 Å². The van der Waals surface area contributed by atoms with Gasteiger partial charge in [-0.25, -0.2) is 0 Å². The van der Waals surface area contributed by atoms with Crippen molar-refractivity contribution in [1.82, 2.24) is 0 Å². The van der Waals surface area contributed by atoms with Gasteiger partial charge in [0, 0.05) is 18.6 Å². The van der Waals surface area contributed by atoms with E-state index in [1.54, 1.807) is 0 Å². The smallest absolute Gasteiger partial charge is 2.00 e. The van der Waals surface area contributed by atoms with Gasteiger partial charge < -0.3 is 21.9 Å². The van der Waals surface area contributed by atoms with Gasteiger partial charge in [0.25, 0.3) is 0 Å². The fraction of sp³-hybridized carbons (Fsp3) is 0. The maximum Gasteiger partial charge on any atom is 3.00 e. The van der Waals surface area contributed by atoms with E-state index in [9.17, 15) is 0 Å². The van der Waals surface area contributed by atoms with Crippen LogP contribution in [0.4, 0.5) is 0 Å². The average Bonchev–Trinajstić information content (AvgIpc) is 0. The molecule has 0 aliphatic heterocycles. The van der Waals surface area contributed by atoms with E-state index in [-0.39, 0.29) is 82.2 Å². The molecule has 0 bridgehead atoms. The molecule has 0 spiro atoms. The molecular formula is CeO4V-5. The topological polar surface area (TPSA) is 114 Å². The van der Waals surface area contributed by atoms with Crippen LogP contribution in [0, 0.1) is 41.7 Å². The molecule has 0 saturated carbocycles. The molecule has 6 heteroatoms. The van der Waals surface area contributed by atoms with Gasteiger partial charge in [-0.15, -0.1) is 0 Å². The summed E-state index contributed by atoms with van der Waals surface area (Å²) in [5, 5.41) is 0. The molecule has 4 nitrogen and oxygen atoms in total. The summed E-state index contributed by atoms with van der Waals surface area (Å²) in [6, 6.07) is 0. The predicted octanol–water partition coefficient (Wildman–Crippen LogP) is -0.478. The van der Waals surface area contributed by atoms with Crippen molar-refractivity contribution in [2.45, 2.75) is 0 Å². The van der Waals surface area contributed by atoms with Gasteiger partial charge in [-0.1, -0.05) is 0 Å². The molecule has 0 saturated heterocycles. The first-order chi connectivity index (χ1) is 0. The summed E-state index contributed by atoms with van der Waals surface area (Å²) in [5.41, 5.74) is 0. The van der Waals surface area contributed by atoms with Gasteiger partial charge in [0.2, 0.25) is 0 Å². The first-order valence-corrected chi connectivity index (χ1v) is 0. The van der Waals surface area contributed by atoms with Crippen LogP contribution in [0.5, 0.6) is 0 Å². The Kier molecular flexibility index (Phi) is 1310. The molecule has 0 N–H and O–H groups in total. The van der Waals surface area contributed by atoms with Gasteiger partial charge >= 0.3 is 41.7 Å². The van der Waals surface area contributed by atoms with Gasteiger partial charge in [0.05, 0.1) is 0 Å². The van der Waals surface area contributed by atoms with E-state index >= 15 is 0 Å². The summed E-state index contributed by atoms with van der Waals surface area (Å²) >= 11 is 0. The van der Waals surface area contributed by atoms with E-state index in [0.29, 0.717) is 0 Å². The van der Waals surface area contributed by atoms with Crippen LogP contribution in [0.15, 0.2) is 0 Å². The van der Waals surface area contributed by atoms with Gasteiger partial charge in [0.15, 0.2) is 0 Å². The summed E-state index contributed by atoms with van der Waals surface area (Å²) in [6.07, 6.45) is 0. The molecule has 2 radical (unpaired) electrons. The second kappa shape index (κ2) is 70.6. The third-order valence-electron chi connectivity index (χ3n) is 0. The summed E-state index contributed by atoms with van der Waals surface area (Å²) in [6.45, 7) is 0. The van der Waals surface area contributed by atoms with E-state index in [0.717, 1.165) is 0 Å². The van der Waals surface area contributed by atoms with Crippen molar-refractivity contribution in [1.29, 1.82) is 0 Å². The fourth-order valence-electron chi connectivity index (χ4n) is 0. The molecular weight excluding hydrogens is 255 g/mol. The van der Waals surface area contributed by atoms with Crippen LogP contribution < -0.4 is 0 Å². The Morgan fingerprint density at radius 2 is 0.500 bits per heavy atom. The maximum atomic E-state index is 0. The third kappa shape index (κ3) is 41.2. The van der Waals surface area contributed by atoms with Crippen molar-refractivity contribution in [2.24, 2.45) is 0 Å². The Hall–Kier alpha value is 1.80. The minimum atomic E-state index is 0. The first-order valence-electron chi connectivity index (χ1n) is 0. The van der Waals surface area contributed by atoms with Crippen molar-refractivity contribution >= 4 is 0 Å². The molecule has 0 fully saturated rings. The third-order valence-corrected chi connectivity index (χ3v) is 0. The van der Waals surface area contributed by atoms with Crippen molar-refractivity contribution < 1.29 is 82.2 Å². The second-order valence-corrected chi connectivity index (χ2v) is 0. The summed E-state index contributed by atoms with van der Waals surface area (Å²) < 4.78 is 0. The monoisotopic (exact) mass is 255 g/mol. The largest absolute Gasteiger partial charge is 3.00 e. The van der Waals surface area contributed by atoms with Crippen LogP contribution in [0.1, 0.15) is 0 Å². The molecule has 0 amide bonds. The molecule has 6 heavy (non-hydrogen) atoms. The number of hydrogen-bond donors (Lipinski definition) is 0. The Bertz CT molecular complexity index is 7.51. The molecule has 0 heterocycles. The maximum absolute atomic E-state index is 0. The van der Waals surface area contributed by atoms with Crippen LogP contribution in [-0.2, 0) is 40.5 Å². The first kappa shape index (κ1) is 111. The van der Waals surface area contributed by atoms with Crippen molar-refractivity contribution in [3.8, 4) is 0 Å². The van der Waals surface area contributed by atoms with E-state index in [4.69, 9.17) is 0 Å². The zero-order chi connectivity index (χ0) is 0. The molecule has 0 aromatic carbocycles. The van der Waals surface area contributed by atoms with Crippen LogP contribution in [0.3, 0.4) is 0 Å². The zero-order valence-electron chi connectivity index (χ0n) is 2.58. The summed E-state index contributed by atoms with van der Waals surface area (Å²) in [4.78, 5) is 0. The van der Waals surface area contributed by atoms with Gasteiger partial charge in [-0.05, 0) is 0 Å². The van der Waals surface area contributed by atoms with Crippen molar-refractivity contribution in [2.75, 3.05) is 0 Å². The summed E-state index contributed by atoms with van der Waals surface area (Å²) in [5.74, 6) is 0. The molecule has 0 unspecified atom stereocenters. The fourth-order valence-corrected chi connectivity index (χ4v) is 0. The number of rotatable bonds is 0. The Balaban J connectivity index is 0. The molecule has 0 rings (SSSR count). The standard InChI is InChI=1S/Ce.4O.V/q+3;4*-2;. The van der Waals surface area contributed by atoms with E-state index in [2.05, 4.69) is 0 Å². The van der Waals surface area contributed by atoms with Crippen LogP contribution in [0.25, 0.3) is 0 Å². The van der Waals surface area contributed by atoms with E-state index in [1.807, 2.05) is 0 Å². The molecule has 0 aliphatic carbocycles. The molecule has 0 atom stereocenters. The average molecular weight is 255 g/mol. The Morgan fingerprint density at radius 3 is 0.500 bits per heavy atom. The molecule has 0 aromatic rings. The molecule has 38 valence electrons. The predicted molar refractivity (Wildman–Crippen MR) is 2.75 cm³/mol. The summed E-state index contributed by atoms with van der Waals surface area (Å²) in [7, 11) is 0. The normalized spacial score (nSPS) is 0. The van der Waals surface area contributed by atoms with Crippen LogP contribution >= 0.6 is 0 Å². The van der Waals surface area contributed by atoms with Crippen LogP contribution in [-0.4, -0.2) is 0 Å². The van der Waals surface area contributed by atoms with E-state index in [1.165, 1.54) is 0 Å². The zero-order valence-corrected chi connectivity index (χ0v) is 7.12. The quantitative estimate of drug-likeness (QED) is 0.556. The minimum Gasteiger partial charge on any atom is -2.00 e. The van der Waals surface area contributed by atoms with Gasteiger partial charge in [-0.2, -0.15) is 0 Å². The molecule has 0 aliphatic rings. The van der Waals surface area contributed by atoms with E-state index < -0.39 is 0 Å². The van der Waals surface area contributed by atoms with Crippen molar-refractivity contribution in [3.63, 3.8) is 0 Å². The SMILES string of the molecule is [Ce+3].[O-2].[O-2].[O-2].[O-2].[V]. The van der Waals surface area contributed by atoms with Gasteiger partial charge in [-0.3, -0.25) is 0 Å². The minimum absolute atomic E-state index is 0. The van der Waals surface area contributed by atoms with Crippen molar-refractivity contribution in [3.05, 3.63) is 0 Å².